The molecule has 3 aromatic rings. The van der Waals surface area contributed by atoms with Gasteiger partial charge in [0.2, 0.25) is 5.91 Å². The lowest BCUT2D eigenvalue weighted by Crippen LogP contribution is -2.22. The number of hydrogen-bond acceptors (Lipinski definition) is 4. The Bertz CT molecular complexity index is 752. The third-order valence-electron chi connectivity index (χ3n) is 3.52. The van der Waals surface area contributed by atoms with Crippen molar-refractivity contribution in [3.8, 4) is 0 Å². The average Bonchev–Trinajstić information content (AvgIpc) is 3.11. The highest BCUT2D eigenvalue weighted by molar-refractivity contribution is 7.22. The Morgan fingerprint density at radius 2 is 2.10 bits per heavy atom. The second-order valence-electron chi connectivity index (χ2n) is 5.07. The van der Waals surface area contributed by atoms with Crippen molar-refractivity contribution in [3.05, 3.63) is 42.0 Å². The first-order chi connectivity index (χ1) is 10.1. The summed E-state index contributed by atoms with van der Waals surface area (Å²) in [6.07, 6.45) is 5.07. The molecule has 0 saturated heterocycles. The number of anilines is 1. The molecule has 0 bridgehead atoms. The van der Waals surface area contributed by atoms with Crippen LogP contribution in [0.3, 0.4) is 0 Å². The Balaban J connectivity index is 1.87. The van der Waals surface area contributed by atoms with Crippen LogP contribution < -0.4 is 5.32 Å². The van der Waals surface area contributed by atoms with Gasteiger partial charge < -0.3 is 9.88 Å². The maximum Gasteiger partial charge on any atom is 0.248 e. The van der Waals surface area contributed by atoms with Gasteiger partial charge in [-0.2, -0.15) is 0 Å². The van der Waals surface area contributed by atoms with Gasteiger partial charge in [-0.25, -0.2) is 9.97 Å². The molecule has 0 saturated carbocycles. The molecule has 5 nitrogen and oxygen atoms in total. The number of benzene rings is 1. The van der Waals surface area contributed by atoms with Gasteiger partial charge in [-0.1, -0.05) is 23.5 Å². The standard InChI is InChI=1S/C15H16N4OS/c1-9-4-5-10(2)13-12(9)17-15(21-13)18-14(20)11(3)19-7-6-16-8-19/h4-8,11H,1-3H3,(H,17,18,20)/t11-/m0/s1. The van der Waals surface area contributed by atoms with E-state index in [9.17, 15) is 4.79 Å². The number of amides is 1. The number of imidazole rings is 1. The molecule has 3 rings (SSSR count). The lowest BCUT2D eigenvalue weighted by Gasteiger charge is -2.11. The van der Waals surface area contributed by atoms with E-state index in [1.165, 1.54) is 16.9 Å². The number of carbonyl (C=O) groups excluding carboxylic acids is 1. The largest absolute Gasteiger partial charge is 0.325 e. The lowest BCUT2D eigenvalue weighted by atomic mass is 10.1. The summed E-state index contributed by atoms with van der Waals surface area (Å²) in [6, 6.07) is 3.81. The van der Waals surface area contributed by atoms with Crippen LogP contribution in [0, 0.1) is 13.8 Å². The van der Waals surface area contributed by atoms with Crippen LogP contribution in [0.2, 0.25) is 0 Å². The van der Waals surface area contributed by atoms with Crippen LogP contribution in [-0.2, 0) is 4.79 Å². The van der Waals surface area contributed by atoms with Gasteiger partial charge in [0.25, 0.3) is 0 Å². The Kier molecular flexibility index (Phi) is 3.47. The predicted octanol–water partition coefficient (Wildman–Crippen LogP) is 3.31. The van der Waals surface area contributed by atoms with Crippen LogP contribution in [0.1, 0.15) is 24.1 Å². The Labute approximate surface area is 126 Å². The Morgan fingerprint density at radius 1 is 1.33 bits per heavy atom. The van der Waals surface area contributed by atoms with Crippen LogP contribution >= 0.6 is 11.3 Å². The zero-order valence-electron chi connectivity index (χ0n) is 12.1. The number of hydrogen-bond donors (Lipinski definition) is 1. The SMILES string of the molecule is Cc1ccc(C)c2sc(NC(=O)[C@H](C)n3ccnc3)nc12. The molecule has 1 amide bonds. The molecule has 2 aromatic heterocycles. The van der Waals surface area contributed by atoms with Crippen LogP contribution in [0.15, 0.2) is 30.9 Å². The van der Waals surface area contributed by atoms with Gasteiger partial charge in [0.1, 0.15) is 6.04 Å². The summed E-state index contributed by atoms with van der Waals surface area (Å²) in [5.74, 6) is -0.0950. The molecule has 21 heavy (non-hydrogen) atoms. The van der Waals surface area contributed by atoms with Crippen LogP contribution in [0.25, 0.3) is 10.2 Å². The summed E-state index contributed by atoms with van der Waals surface area (Å²) in [5, 5.41) is 3.53. The molecule has 2 heterocycles. The van der Waals surface area contributed by atoms with E-state index < -0.39 is 0 Å². The maximum atomic E-state index is 12.3. The summed E-state index contributed by atoms with van der Waals surface area (Å²) >= 11 is 1.51. The fraction of sp³-hybridized carbons (Fsp3) is 0.267. The minimum absolute atomic E-state index is 0.0950. The number of carbonyl (C=O) groups is 1. The first kappa shape index (κ1) is 13.8. The number of rotatable bonds is 3. The molecule has 0 aliphatic heterocycles. The highest BCUT2D eigenvalue weighted by Gasteiger charge is 2.17. The number of aromatic nitrogens is 3. The molecule has 108 valence electrons. The van der Waals surface area contributed by atoms with E-state index in [1.54, 1.807) is 23.3 Å². The van der Waals surface area contributed by atoms with Crippen molar-refractivity contribution < 1.29 is 4.79 Å². The molecular weight excluding hydrogens is 284 g/mol. The summed E-state index contributed by atoms with van der Waals surface area (Å²) in [6.45, 7) is 5.92. The number of aryl methyl sites for hydroxylation is 2. The normalized spacial score (nSPS) is 12.5. The number of thiazole rings is 1. The van der Waals surface area contributed by atoms with E-state index in [0.29, 0.717) is 5.13 Å². The molecule has 0 radical (unpaired) electrons. The first-order valence-electron chi connectivity index (χ1n) is 6.71. The summed E-state index contributed by atoms with van der Waals surface area (Å²) in [4.78, 5) is 20.8. The molecule has 0 unspecified atom stereocenters. The molecule has 0 aliphatic carbocycles. The van der Waals surface area contributed by atoms with E-state index >= 15 is 0 Å². The molecule has 6 heteroatoms. The highest BCUT2D eigenvalue weighted by Crippen LogP contribution is 2.31. The monoisotopic (exact) mass is 300 g/mol. The van der Waals surface area contributed by atoms with E-state index in [0.717, 1.165) is 15.8 Å². The van der Waals surface area contributed by atoms with Gasteiger partial charge in [-0.15, -0.1) is 0 Å². The van der Waals surface area contributed by atoms with Crippen LogP contribution in [0.5, 0.6) is 0 Å². The third kappa shape index (κ3) is 2.54. The third-order valence-corrected chi connectivity index (χ3v) is 4.63. The Morgan fingerprint density at radius 3 is 2.76 bits per heavy atom. The predicted molar refractivity (Wildman–Crippen MR) is 84.7 cm³/mol. The number of fused-ring (bicyclic) bond motifs is 1. The van der Waals surface area contributed by atoms with Crippen molar-refractivity contribution in [2.45, 2.75) is 26.8 Å². The van der Waals surface area contributed by atoms with Crippen molar-refractivity contribution >= 4 is 32.6 Å². The molecule has 1 atom stereocenters. The highest BCUT2D eigenvalue weighted by atomic mass is 32.1. The zero-order valence-corrected chi connectivity index (χ0v) is 12.9. The number of nitrogens with zero attached hydrogens (tertiary/aromatic N) is 3. The van der Waals surface area contributed by atoms with Crippen molar-refractivity contribution in [1.82, 2.24) is 14.5 Å². The van der Waals surface area contributed by atoms with E-state index in [1.807, 2.05) is 13.8 Å². The van der Waals surface area contributed by atoms with Gasteiger partial charge in [0, 0.05) is 12.4 Å². The molecule has 0 fully saturated rings. The summed E-state index contributed by atoms with van der Waals surface area (Å²) in [7, 11) is 0. The molecule has 1 N–H and O–H groups in total. The van der Waals surface area contributed by atoms with E-state index in [-0.39, 0.29) is 11.9 Å². The summed E-state index contributed by atoms with van der Waals surface area (Å²) in [5.41, 5.74) is 3.26. The van der Waals surface area contributed by atoms with Crippen molar-refractivity contribution in [1.29, 1.82) is 0 Å². The summed E-state index contributed by atoms with van der Waals surface area (Å²) < 4.78 is 2.89. The Hall–Kier alpha value is -2.21. The maximum absolute atomic E-state index is 12.3. The zero-order chi connectivity index (χ0) is 15.0. The lowest BCUT2D eigenvalue weighted by molar-refractivity contribution is -0.118. The van der Waals surface area contributed by atoms with Gasteiger partial charge in [-0.3, -0.25) is 4.79 Å². The van der Waals surface area contributed by atoms with Gasteiger partial charge >= 0.3 is 0 Å². The van der Waals surface area contributed by atoms with Crippen LogP contribution in [0.4, 0.5) is 5.13 Å². The fourth-order valence-electron chi connectivity index (χ4n) is 2.16. The van der Waals surface area contributed by atoms with Crippen molar-refractivity contribution in [2.24, 2.45) is 0 Å². The van der Waals surface area contributed by atoms with Crippen molar-refractivity contribution in [2.75, 3.05) is 5.32 Å². The number of nitrogens with one attached hydrogen (secondary N) is 1. The van der Waals surface area contributed by atoms with Gasteiger partial charge in [0.05, 0.1) is 16.5 Å². The quantitative estimate of drug-likeness (QED) is 0.807. The van der Waals surface area contributed by atoms with E-state index in [2.05, 4.69) is 34.3 Å². The molecule has 0 aliphatic rings. The fourth-order valence-corrected chi connectivity index (χ4v) is 3.17. The topological polar surface area (TPSA) is 59.8 Å². The van der Waals surface area contributed by atoms with Gasteiger partial charge in [0.15, 0.2) is 5.13 Å². The van der Waals surface area contributed by atoms with Gasteiger partial charge in [-0.05, 0) is 31.9 Å². The molecule has 0 spiro atoms. The second kappa shape index (κ2) is 5.29. The molecular formula is C15H16N4OS. The average molecular weight is 300 g/mol. The minimum Gasteiger partial charge on any atom is -0.325 e. The smallest absolute Gasteiger partial charge is 0.248 e. The second-order valence-corrected chi connectivity index (χ2v) is 6.07. The van der Waals surface area contributed by atoms with Crippen LogP contribution in [-0.4, -0.2) is 20.4 Å². The molecule has 1 aromatic carbocycles. The minimum atomic E-state index is -0.318. The first-order valence-corrected chi connectivity index (χ1v) is 7.53. The van der Waals surface area contributed by atoms with E-state index in [4.69, 9.17) is 0 Å². The van der Waals surface area contributed by atoms with Crippen molar-refractivity contribution in [3.63, 3.8) is 0 Å².